The van der Waals surface area contributed by atoms with Crippen molar-refractivity contribution in [3.63, 3.8) is 0 Å². The fourth-order valence-electron chi connectivity index (χ4n) is 3.16. The average molecular weight is 469 g/mol. The molecule has 8 heteroatoms. The number of carbonyl (C=O) groups is 1. The Morgan fingerprint density at radius 2 is 1.48 bits per heavy atom. The number of hydrogen-bond donors (Lipinski definition) is 1. The van der Waals surface area contributed by atoms with Crippen molar-refractivity contribution < 1.29 is 22.7 Å². The highest BCUT2D eigenvalue weighted by atomic mass is 32.2. The van der Waals surface area contributed by atoms with Gasteiger partial charge >= 0.3 is 0 Å². The van der Waals surface area contributed by atoms with Crippen molar-refractivity contribution in [3.05, 3.63) is 77.9 Å². The molecule has 0 atom stereocenters. The number of rotatable bonds is 9. The van der Waals surface area contributed by atoms with E-state index in [9.17, 15) is 13.2 Å². The van der Waals surface area contributed by atoms with Gasteiger partial charge in [0, 0.05) is 24.4 Å². The number of ether oxygens (including phenoxy) is 2. The topological polar surface area (TPSA) is 84.9 Å². The number of aryl methyl sites for hydroxylation is 1. The Balaban J connectivity index is 1.75. The Morgan fingerprint density at radius 3 is 2.09 bits per heavy atom. The van der Waals surface area contributed by atoms with Gasteiger partial charge in [0.1, 0.15) is 0 Å². The fraction of sp³-hybridized carbons (Fsp3) is 0.240. The SMILES string of the molecule is CCOc1ccc(NC(=O)c2ccc(N(C)S(=O)(=O)c3ccc(C)cc3)cc2)cc1OCC. The minimum atomic E-state index is -3.70. The van der Waals surface area contributed by atoms with E-state index in [0.717, 1.165) is 5.56 Å². The van der Waals surface area contributed by atoms with Crippen molar-refractivity contribution >= 4 is 27.3 Å². The maximum absolute atomic E-state index is 12.9. The number of carbonyl (C=O) groups excluding carboxylic acids is 1. The standard InChI is InChI=1S/C25H28N2O5S/c1-5-31-23-16-11-20(17-24(23)32-6-2)26-25(28)19-9-12-21(13-10-19)27(4)33(29,30)22-14-7-18(3)8-15-22/h7-17H,5-6H2,1-4H3,(H,26,28). The summed E-state index contributed by atoms with van der Waals surface area (Å²) in [6.45, 7) is 6.64. The maximum Gasteiger partial charge on any atom is 0.264 e. The highest BCUT2D eigenvalue weighted by Crippen LogP contribution is 2.31. The maximum atomic E-state index is 12.9. The third-order valence-corrected chi connectivity index (χ3v) is 6.77. The first-order valence-corrected chi connectivity index (χ1v) is 12.1. The van der Waals surface area contributed by atoms with Gasteiger partial charge in [-0.3, -0.25) is 9.10 Å². The molecular weight excluding hydrogens is 440 g/mol. The van der Waals surface area contributed by atoms with Gasteiger partial charge in [0.15, 0.2) is 11.5 Å². The summed E-state index contributed by atoms with van der Waals surface area (Å²) in [5.41, 5.74) is 2.39. The molecule has 1 N–H and O–H groups in total. The molecule has 0 unspecified atom stereocenters. The molecular formula is C25H28N2O5S. The van der Waals surface area contributed by atoms with E-state index in [-0.39, 0.29) is 10.8 Å². The average Bonchev–Trinajstić information content (AvgIpc) is 2.81. The normalized spacial score (nSPS) is 11.0. The highest BCUT2D eigenvalue weighted by Gasteiger charge is 2.21. The lowest BCUT2D eigenvalue weighted by atomic mass is 10.2. The smallest absolute Gasteiger partial charge is 0.264 e. The zero-order valence-corrected chi connectivity index (χ0v) is 20.0. The Kier molecular flexibility index (Phi) is 7.60. The zero-order chi connectivity index (χ0) is 24.0. The molecule has 0 bridgehead atoms. The molecule has 0 fully saturated rings. The van der Waals surface area contributed by atoms with Crippen LogP contribution in [0.25, 0.3) is 0 Å². The monoisotopic (exact) mass is 468 g/mol. The van der Waals surface area contributed by atoms with Crippen LogP contribution >= 0.6 is 0 Å². The van der Waals surface area contributed by atoms with Crippen LogP contribution in [0.5, 0.6) is 11.5 Å². The van der Waals surface area contributed by atoms with Crippen LogP contribution in [0.15, 0.2) is 71.6 Å². The van der Waals surface area contributed by atoms with E-state index < -0.39 is 10.0 Å². The van der Waals surface area contributed by atoms with Crippen molar-refractivity contribution in [1.82, 2.24) is 0 Å². The summed E-state index contributed by atoms with van der Waals surface area (Å²) in [6, 6.07) is 18.2. The van der Waals surface area contributed by atoms with Crippen LogP contribution in [-0.4, -0.2) is 34.6 Å². The van der Waals surface area contributed by atoms with Crippen molar-refractivity contribution in [1.29, 1.82) is 0 Å². The van der Waals surface area contributed by atoms with Crippen molar-refractivity contribution in [2.75, 3.05) is 29.9 Å². The highest BCUT2D eigenvalue weighted by molar-refractivity contribution is 7.92. The summed E-state index contributed by atoms with van der Waals surface area (Å²) in [6.07, 6.45) is 0. The van der Waals surface area contributed by atoms with Crippen molar-refractivity contribution in [2.24, 2.45) is 0 Å². The number of anilines is 2. The van der Waals surface area contributed by atoms with Gasteiger partial charge in [-0.25, -0.2) is 8.42 Å². The van der Waals surface area contributed by atoms with Crippen LogP contribution < -0.4 is 19.1 Å². The molecule has 3 rings (SSSR count). The summed E-state index contributed by atoms with van der Waals surface area (Å²) in [7, 11) is -2.22. The summed E-state index contributed by atoms with van der Waals surface area (Å²) >= 11 is 0. The molecule has 7 nitrogen and oxygen atoms in total. The number of sulfonamides is 1. The minimum Gasteiger partial charge on any atom is -0.490 e. The second-order valence-electron chi connectivity index (χ2n) is 7.31. The van der Waals surface area contributed by atoms with Gasteiger partial charge in [0.25, 0.3) is 15.9 Å². The quantitative estimate of drug-likeness (QED) is 0.484. The lowest BCUT2D eigenvalue weighted by molar-refractivity contribution is 0.102. The van der Waals surface area contributed by atoms with Gasteiger partial charge in [-0.1, -0.05) is 17.7 Å². The van der Waals surface area contributed by atoms with E-state index in [1.165, 1.54) is 11.4 Å². The van der Waals surface area contributed by atoms with Crippen molar-refractivity contribution in [2.45, 2.75) is 25.7 Å². The van der Waals surface area contributed by atoms with Gasteiger partial charge in [-0.05, 0) is 69.3 Å². The third-order valence-electron chi connectivity index (χ3n) is 4.97. The van der Waals surface area contributed by atoms with E-state index >= 15 is 0 Å². The van der Waals surface area contributed by atoms with Gasteiger partial charge < -0.3 is 14.8 Å². The molecule has 33 heavy (non-hydrogen) atoms. The summed E-state index contributed by atoms with van der Waals surface area (Å²) in [5, 5.41) is 2.83. The van der Waals surface area contributed by atoms with Gasteiger partial charge in [-0.15, -0.1) is 0 Å². The summed E-state index contributed by atoms with van der Waals surface area (Å²) in [5.74, 6) is 0.840. The number of nitrogens with one attached hydrogen (secondary N) is 1. The van der Waals surface area contributed by atoms with Crippen molar-refractivity contribution in [3.8, 4) is 11.5 Å². The van der Waals surface area contributed by atoms with Crippen LogP contribution in [-0.2, 0) is 10.0 Å². The molecule has 0 aliphatic rings. The second kappa shape index (κ2) is 10.4. The Bertz CT molecular complexity index is 1210. The Morgan fingerprint density at radius 1 is 0.879 bits per heavy atom. The third kappa shape index (κ3) is 5.64. The van der Waals surface area contributed by atoms with Crippen LogP contribution in [0.4, 0.5) is 11.4 Å². The molecule has 0 heterocycles. The van der Waals surface area contributed by atoms with E-state index in [1.54, 1.807) is 66.7 Å². The van der Waals surface area contributed by atoms with E-state index in [4.69, 9.17) is 9.47 Å². The zero-order valence-electron chi connectivity index (χ0n) is 19.2. The van der Waals surface area contributed by atoms with E-state index in [0.29, 0.717) is 41.7 Å². The first-order valence-electron chi connectivity index (χ1n) is 10.6. The van der Waals surface area contributed by atoms with Crippen LogP contribution in [0.2, 0.25) is 0 Å². The molecule has 0 aliphatic heterocycles. The Labute approximate surface area is 195 Å². The molecule has 3 aromatic rings. The second-order valence-corrected chi connectivity index (χ2v) is 9.28. The van der Waals surface area contributed by atoms with Gasteiger partial charge in [0.2, 0.25) is 0 Å². The summed E-state index contributed by atoms with van der Waals surface area (Å²) < 4.78 is 38.1. The molecule has 0 radical (unpaired) electrons. The molecule has 0 spiro atoms. The largest absolute Gasteiger partial charge is 0.490 e. The molecule has 0 aliphatic carbocycles. The molecule has 1 amide bonds. The fourth-order valence-corrected chi connectivity index (χ4v) is 4.36. The van der Waals surface area contributed by atoms with E-state index in [1.807, 2.05) is 20.8 Å². The van der Waals surface area contributed by atoms with Gasteiger partial charge in [-0.2, -0.15) is 0 Å². The number of benzene rings is 3. The lowest BCUT2D eigenvalue weighted by Gasteiger charge is -2.20. The summed E-state index contributed by atoms with van der Waals surface area (Å²) in [4.78, 5) is 12.9. The first-order chi connectivity index (χ1) is 15.8. The number of nitrogens with zero attached hydrogens (tertiary/aromatic N) is 1. The lowest BCUT2D eigenvalue weighted by Crippen LogP contribution is -2.26. The number of hydrogen-bond acceptors (Lipinski definition) is 5. The van der Waals surface area contributed by atoms with Crippen LogP contribution in [0, 0.1) is 6.92 Å². The molecule has 3 aromatic carbocycles. The molecule has 0 saturated heterocycles. The van der Waals surface area contributed by atoms with Crippen LogP contribution in [0.3, 0.4) is 0 Å². The van der Waals surface area contributed by atoms with Gasteiger partial charge in [0.05, 0.1) is 23.8 Å². The first kappa shape index (κ1) is 24.1. The van der Waals surface area contributed by atoms with E-state index in [2.05, 4.69) is 5.32 Å². The van der Waals surface area contributed by atoms with Crippen LogP contribution in [0.1, 0.15) is 29.8 Å². The molecule has 0 saturated carbocycles. The number of amides is 1. The Hall–Kier alpha value is -3.52. The predicted molar refractivity (Wildman–Crippen MR) is 130 cm³/mol. The molecule has 174 valence electrons. The predicted octanol–water partition coefficient (Wildman–Crippen LogP) is 4.87. The minimum absolute atomic E-state index is 0.207. The molecule has 0 aromatic heterocycles.